The zero-order valence-corrected chi connectivity index (χ0v) is 24.5. The fourth-order valence-corrected chi connectivity index (χ4v) is 4.68. The van der Waals surface area contributed by atoms with E-state index in [9.17, 15) is 18.0 Å². The smallest absolute Gasteiger partial charge is 0.359 e. The second kappa shape index (κ2) is 15.2. The fraction of sp³-hybridized carbons (Fsp3) is 0.355. The van der Waals surface area contributed by atoms with Gasteiger partial charge in [0.2, 0.25) is 5.91 Å². The normalized spacial score (nSPS) is 12.6. The van der Waals surface area contributed by atoms with E-state index in [1.807, 2.05) is 30.5 Å². The zero-order chi connectivity index (χ0) is 30.7. The number of thiocarbonyl (C=S) groups is 1. The summed E-state index contributed by atoms with van der Waals surface area (Å²) in [5.41, 5.74) is 1.60. The van der Waals surface area contributed by atoms with Gasteiger partial charge in [0, 0.05) is 44.1 Å². The molecule has 0 fully saturated rings. The van der Waals surface area contributed by atoms with E-state index in [4.69, 9.17) is 17.5 Å². The first-order valence-electron chi connectivity index (χ1n) is 13.6. The van der Waals surface area contributed by atoms with E-state index >= 15 is 0 Å². The van der Waals surface area contributed by atoms with Gasteiger partial charge in [-0.25, -0.2) is 4.98 Å². The number of hydrogen-bond donors (Lipinski definition) is 2. The van der Waals surface area contributed by atoms with Gasteiger partial charge in [0.15, 0.2) is 5.11 Å². The summed E-state index contributed by atoms with van der Waals surface area (Å²) in [6.07, 6.45) is 1.19. The molecule has 222 valence electrons. The minimum absolute atomic E-state index is 0.0140. The molecule has 0 aliphatic heterocycles. The van der Waals surface area contributed by atoms with Crippen LogP contribution in [0.25, 0.3) is 0 Å². The maximum Gasteiger partial charge on any atom is 0.416 e. The molecule has 0 aliphatic rings. The van der Waals surface area contributed by atoms with Crippen LogP contribution >= 0.6 is 12.2 Å². The van der Waals surface area contributed by atoms with Crippen molar-refractivity contribution in [2.24, 2.45) is 5.92 Å². The molecule has 1 aromatic heterocycles. The lowest BCUT2D eigenvalue weighted by Gasteiger charge is -2.33. The molecule has 0 saturated heterocycles. The summed E-state index contributed by atoms with van der Waals surface area (Å²) in [6.45, 7) is 8.61. The van der Waals surface area contributed by atoms with Crippen LogP contribution in [-0.4, -0.2) is 44.6 Å². The number of nitrogens with zero attached hydrogens (tertiary/aromatic N) is 4. The van der Waals surface area contributed by atoms with Gasteiger partial charge in [0.05, 0.1) is 29.9 Å². The second-order valence-corrected chi connectivity index (χ2v) is 10.5. The van der Waals surface area contributed by atoms with Gasteiger partial charge in [0.1, 0.15) is 0 Å². The highest BCUT2D eigenvalue weighted by atomic mass is 32.1. The number of imidazole rings is 1. The van der Waals surface area contributed by atoms with Crippen LogP contribution in [0.4, 0.5) is 13.2 Å². The molecule has 3 rings (SSSR count). The zero-order valence-electron chi connectivity index (χ0n) is 23.7. The highest BCUT2D eigenvalue weighted by molar-refractivity contribution is 7.80. The van der Waals surface area contributed by atoms with Gasteiger partial charge in [-0.05, 0) is 47.5 Å². The fourth-order valence-electron chi connectivity index (χ4n) is 4.46. The molecule has 2 aromatic carbocycles. The van der Waals surface area contributed by atoms with Crippen molar-refractivity contribution in [1.29, 1.82) is 5.26 Å². The predicted octanol–water partition coefficient (Wildman–Crippen LogP) is 5.46. The summed E-state index contributed by atoms with van der Waals surface area (Å²) >= 11 is 5.56. The minimum atomic E-state index is -4.51. The molecule has 3 aromatic rings. The molecule has 0 unspecified atom stereocenters. The third kappa shape index (κ3) is 9.17. The molecule has 42 heavy (non-hydrogen) atoms. The van der Waals surface area contributed by atoms with Crippen molar-refractivity contribution in [1.82, 2.24) is 25.1 Å². The number of carbonyl (C=O) groups excluding carboxylic acids is 1. The Morgan fingerprint density at radius 2 is 1.95 bits per heavy atom. The van der Waals surface area contributed by atoms with Gasteiger partial charge >= 0.3 is 6.18 Å². The summed E-state index contributed by atoms with van der Waals surface area (Å²) in [4.78, 5) is 19.1. The molecule has 0 aliphatic carbocycles. The quantitative estimate of drug-likeness (QED) is 0.201. The maximum absolute atomic E-state index is 13.7. The van der Waals surface area contributed by atoms with Gasteiger partial charge in [-0.15, -0.1) is 6.58 Å². The summed E-state index contributed by atoms with van der Waals surface area (Å²) in [5.74, 6) is -0.220. The van der Waals surface area contributed by atoms with E-state index in [0.29, 0.717) is 24.3 Å². The Morgan fingerprint density at radius 3 is 2.60 bits per heavy atom. The number of hydrogen-bond acceptors (Lipinski definition) is 4. The minimum Gasteiger partial charge on any atom is -0.359 e. The lowest BCUT2D eigenvalue weighted by atomic mass is 9.97. The van der Waals surface area contributed by atoms with Crippen molar-refractivity contribution < 1.29 is 18.0 Å². The van der Waals surface area contributed by atoms with E-state index in [-0.39, 0.29) is 48.1 Å². The predicted molar refractivity (Wildman–Crippen MR) is 160 cm³/mol. The van der Waals surface area contributed by atoms with Crippen molar-refractivity contribution in [2.45, 2.75) is 52.0 Å². The Hall–Kier alpha value is -4.17. The molecule has 2 atom stereocenters. The number of nitriles is 1. The number of rotatable bonds is 13. The van der Waals surface area contributed by atoms with Crippen LogP contribution in [0.5, 0.6) is 0 Å². The second-order valence-electron chi connectivity index (χ2n) is 10.1. The summed E-state index contributed by atoms with van der Waals surface area (Å²) < 4.78 is 43.1. The standard InChI is InChI=1S/C31H35F3N6OS/c1-4-14-37-30(42)39(19-25-8-6-7-9-27(25)31(32,33)34)20-28(22(3)5-2)38-29(41)15-26-17-36-21-40(26)18-24-12-10-23(16-35)11-13-24/h4,6-13,17,21-22,28H,1,5,14-15,18-20H2,2-3H3,(H,37,42)(H,38,41)/t22-,28+/m0/s1. The van der Waals surface area contributed by atoms with Gasteiger partial charge in [0.25, 0.3) is 0 Å². The maximum atomic E-state index is 13.7. The molecule has 1 heterocycles. The van der Waals surface area contributed by atoms with Crippen molar-refractivity contribution in [3.63, 3.8) is 0 Å². The molecule has 2 N–H and O–H groups in total. The molecule has 0 radical (unpaired) electrons. The topological polar surface area (TPSA) is 86.0 Å². The summed E-state index contributed by atoms with van der Waals surface area (Å²) in [7, 11) is 0. The highest BCUT2D eigenvalue weighted by Crippen LogP contribution is 2.32. The van der Waals surface area contributed by atoms with Crippen LogP contribution in [0.3, 0.4) is 0 Å². The van der Waals surface area contributed by atoms with Crippen molar-refractivity contribution in [3.8, 4) is 6.07 Å². The molecule has 0 spiro atoms. The lowest BCUT2D eigenvalue weighted by Crippen LogP contribution is -2.51. The Balaban J connectivity index is 1.77. The first-order valence-corrected chi connectivity index (χ1v) is 14.0. The van der Waals surface area contributed by atoms with E-state index in [2.05, 4.69) is 28.3 Å². The van der Waals surface area contributed by atoms with Crippen molar-refractivity contribution in [2.75, 3.05) is 13.1 Å². The summed E-state index contributed by atoms with van der Waals surface area (Å²) in [5, 5.41) is 15.4. The Labute approximate surface area is 250 Å². The van der Waals surface area contributed by atoms with Crippen LogP contribution in [0.15, 0.2) is 73.7 Å². The van der Waals surface area contributed by atoms with Crippen LogP contribution < -0.4 is 10.6 Å². The molecule has 0 bridgehead atoms. The van der Waals surface area contributed by atoms with E-state index in [1.54, 1.807) is 41.7 Å². The highest BCUT2D eigenvalue weighted by Gasteiger charge is 2.34. The number of carbonyl (C=O) groups is 1. The first kappa shape index (κ1) is 32.3. The first-order chi connectivity index (χ1) is 20.0. The van der Waals surface area contributed by atoms with Gasteiger partial charge < -0.3 is 20.1 Å². The molecule has 7 nitrogen and oxygen atoms in total. The van der Waals surface area contributed by atoms with E-state index in [0.717, 1.165) is 18.1 Å². The number of aromatic nitrogens is 2. The van der Waals surface area contributed by atoms with E-state index < -0.39 is 11.7 Å². The lowest BCUT2D eigenvalue weighted by molar-refractivity contribution is -0.138. The van der Waals surface area contributed by atoms with Gasteiger partial charge in [-0.2, -0.15) is 18.4 Å². The number of amides is 1. The van der Waals surface area contributed by atoms with Crippen molar-refractivity contribution >= 4 is 23.2 Å². The van der Waals surface area contributed by atoms with Crippen molar-refractivity contribution in [3.05, 3.63) is 102 Å². The van der Waals surface area contributed by atoms with Gasteiger partial charge in [-0.3, -0.25) is 4.79 Å². The molecule has 1 amide bonds. The van der Waals surface area contributed by atoms with Crippen LogP contribution in [0, 0.1) is 17.2 Å². The monoisotopic (exact) mass is 596 g/mol. The molecular weight excluding hydrogens is 561 g/mol. The SMILES string of the molecule is C=CCNC(=S)N(Cc1ccccc1C(F)(F)F)C[C@@H](NC(=O)Cc1cncn1Cc1ccc(C#N)cc1)[C@@H](C)CC. The molecule has 0 saturated carbocycles. The third-order valence-electron chi connectivity index (χ3n) is 7.04. The number of nitrogens with one attached hydrogen (secondary N) is 2. The van der Waals surface area contributed by atoms with Gasteiger partial charge in [-0.1, -0.05) is 56.7 Å². The van der Waals surface area contributed by atoms with Crippen LogP contribution in [-0.2, 0) is 30.5 Å². The Bertz CT molecular complexity index is 1400. The number of benzene rings is 2. The summed E-state index contributed by atoms with van der Waals surface area (Å²) in [6, 6.07) is 14.3. The Morgan fingerprint density at radius 1 is 1.24 bits per heavy atom. The average Bonchev–Trinajstić information content (AvgIpc) is 3.40. The van der Waals surface area contributed by atoms with Crippen LogP contribution in [0.2, 0.25) is 0 Å². The molecular formula is C31H35F3N6OS. The largest absolute Gasteiger partial charge is 0.416 e. The third-order valence-corrected chi connectivity index (χ3v) is 7.44. The average molecular weight is 597 g/mol. The van der Waals surface area contributed by atoms with E-state index in [1.165, 1.54) is 12.1 Å². The number of alkyl halides is 3. The molecule has 11 heteroatoms. The van der Waals surface area contributed by atoms with Crippen LogP contribution in [0.1, 0.15) is 48.2 Å². The number of halogens is 3. The Kier molecular flexibility index (Phi) is 11.7.